The predicted octanol–water partition coefficient (Wildman–Crippen LogP) is 3.29. The Morgan fingerprint density at radius 2 is 1.33 bits per heavy atom. The van der Waals surface area contributed by atoms with Gasteiger partial charge >= 0.3 is 0 Å². The number of ketones is 1. The van der Waals surface area contributed by atoms with E-state index in [0.717, 1.165) is 12.8 Å². The average Bonchev–Trinajstić information content (AvgIpc) is 3.10. The van der Waals surface area contributed by atoms with Crippen molar-refractivity contribution in [3.05, 3.63) is 48.6 Å². The fraction of sp³-hybridized carbons (Fsp3) is 0.450. The van der Waals surface area contributed by atoms with Gasteiger partial charge < -0.3 is 0 Å². The van der Waals surface area contributed by atoms with Gasteiger partial charge in [-0.05, 0) is 24.2 Å². The third kappa shape index (κ3) is 3.64. The summed E-state index contributed by atoms with van der Waals surface area (Å²) in [5.41, 5.74) is 0.307. The minimum Gasteiger partial charge on any atom is -0.299 e. The van der Waals surface area contributed by atoms with Crippen LogP contribution in [0, 0.1) is 16.7 Å². The van der Waals surface area contributed by atoms with Crippen LogP contribution in [0.5, 0.6) is 0 Å². The lowest BCUT2D eigenvalue weighted by Crippen LogP contribution is -2.32. The summed E-state index contributed by atoms with van der Waals surface area (Å²) in [5.74, 6) is 0.536. The first kappa shape index (κ1) is 18.1. The van der Waals surface area contributed by atoms with Crippen LogP contribution in [-0.4, -0.2) is 17.6 Å². The van der Waals surface area contributed by atoms with Gasteiger partial charge in [-0.25, -0.2) is 0 Å². The van der Waals surface area contributed by atoms with E-state index in [9.17, 15) is 14.4 Å². The molecule has 2 atom stereocenters. The van der Waals surface area contributed by atoms with E-state index in [1.807, 2.05) is 41.7 Å². The van der Waals surface area contributed by atoms with Crippen molar-refractivity contribution in [2.75, 3.05) is 0 Å². The summed E-state index contributed by atoms with van der Waals surface area (Å²) in [5, 5.41) is 2.03. The highest BCUT2D eigenvalue weighted by Crippen LogP contribution is 2.63. The molecule has 4 rings (SSSR count). The first-order valence-electron chi connectivity index (χ1n) is 8.34. The molecule has 1 aliphatic heterocycles. The van der Waals surface area contributed by atoms with Crippen molar-refractivity contribution in [3.8, 4) is 0 Å². The number of carbonyl (C=O) groups excluding carboxylic acids is 3. The van der Waals surface area contributed by atoms with Gasteiger partial charge in [0.15, 0.2) is 0 Å². The lowest BCUT2D eigenvalue weighted by Gasteiger charge is -2.32. The first-order valence-corrected chi connectivity index (χ1v) is 8.34. The number of rotatable bonds is 0. The van der Waals surface area contributed by atoms with E-state index in [0.29, 0.717) is 11.7 Å². The summed E-state index contributed by atoms with van der Waals surface area (Å²) in [6.07, 6.45) is 5.65. The smallest absolute Gasteiger partial charge is 0.250 e. The molecule has 0 saturated heterocycles. The maximum atomic E-state index is 11.6. The van der Waals surface area contributed by atoms with Gasteiger partial charge in [-0.15, -0.1) is 0 Å². The van der Waals surface area contributed by atoms with Crippen LogP contribution in [0.3, 0.4) is 0 Å². The third-order valence-electron chi connectivity index (χ3n) is 5.78. The number of amides is 2. The highest BCUT2D eigenvalue weighted by atomic mass is 16.2. The second-order valence-corrected chi connectivity index (χ2v) is 7.26. The van der Waals surface area contributed by atoms with Gasteiger partial charge in [0, 0.05) is 24.0 Å². The molecule has 4 nitrogen and oxygen atoms in total. The van der Waals surface area contributed by atoms with Gasteiger partial charge in [-0.3, -0.25) is 19.7 Å². The number of benzene rings is 1. The van der Waals surface area contributed by atoms with Crippen LogP contribution < -0.4 is 5.32 Å². The molecular formula is C20H25NO3. The summed E-state index contributed by atoms with van der Waals surface area (Å²) in [4.78, 5) is 31.6. The van der Waals surface area contributed by atoms with Gasteiger partial charge in [0.05, 0.1) is 0 Å². The molecule has 3 aliphatic rings. The maximum Gasteiger partial charge on any atom is 0.250 e. The second kappa shape index (κ2) is 7.12. The number of imide groups is 1. The topological polar surface area (TPSA) is 63.2 Å². The van der Waals surface area contributed by atoms with Gasteiger partial charge in [-0.1, -0.05) is 57.2 Å². The zero-order valence-electron chi connectivity index (χ0n) is 14.5. The standard InChI is InChI=1S/C10H16O.C6H6.C4H3NO2/c1-9(2)7-4-5-10(9,3)8(11)6-7;1-2-4-6-5-3-1;6-3-1-2-4(7)5-3/h7H,4-6H2,1-3H3;1-6H;1-2H,(H,5,6,7). The Morgan fingerprint density at radius 3 is 1.50 bits per heavy atom. The number of carbonyl (C=O) groups is 3. The predicted molar refractivity (Wildman–Crippen MR) is 93.0 cm³/mol. The van der Waals surface area contributed by atoms with E-state index in [-0.39, 0.29) is 22.6 Å². The maximum absolute atomic E-state index is 11.6. The van der Waals surface area contributed by atoms with Crippen molar-refractivity contribution in [1.29, 1.82) is 0 Å². The molecule has 24 heavy (non-hydrogen) atoms. The lowest BCUT2D eigenvalue weighted by molar-refractivity contribution is -0.128. The van der Waals surface area contributed by atoms with Crippen molar-refractivity contribution in [2.45, 2.75) is 40.0 Å². The van der Waals surface area contributed by atoms with Crippen LogP contribution in [0.2, 0.25) is 0 Å². The molecule has 2 amide bonds. The highest BCUT2D eigenvalue weighted by molar-refractivity contribution is 6.12. The van der Waals surface area contributed by atoms with Crippen LogP contribution in [0.4, 0.5) is 0 Å². The van der Waals surface area contributed by atoms with Crippen LogP contribution in [0.1, 0.15) is 40.0 Å². The summed E-state index contributed by atoms with van der Waals surface area (Å²) in [6.45, 7) is 6.67. The molecule has 2 saturated carbocycles. The molecule has 4 heteroatoms. The Morgan fingerprint density at radius 1 is 0.875 bits per heavy atom. The quantitative estimate of drug-likeness (QED) is 0.744. The number of hydrogen-bond donors (Lipinski definition) is 1. The largest absolute Gasteiger partial charge is 0.299 e. The fourth-order valence-electron chi connectivity index (χ4n) is 3.64. The average molecular weight is 327 g/mol. The van der Waals surface area contributed by atoms with Crippen molar-refractivity contribution in [2.24, 2.45) is 16.7 Å². The number of Topliss-reactive ketones (excluding diaryl/α,β-unsaturated/α-hetero) is 1. The lowest BCUT2D eigenvalue weighted by atomic mass is 9.70. The van der Waals surface area contributed by atoms with Crippen molar-refractivity contribution < 1.29 is 14.4 Å². The van der Waals surface area contributed by atoms with E-state index < -0.39 is 0 Å². The van der Waals surface area contributed by atoms with E-state index >= 15 is 0 Å². The molecular weight excluding hydrogens is 302 g/mol. The molecule has 1 N–H and O–H groups in total. The Hall–Kier alpha value is -2.23. The Kier molecular flexibility index (Phi) is 5.37. The summed E-state index contributed by atoms with van der Waals surface area (Å²) in [6, 6.07) is 12.0. The second-order valence-electron chi connectivity index (χ2n) is 7.26. The summed E-state index contributed by atoms with van der Waals surface area (Å²) >= 11 is 0. The van der Waals surface area contributed by atoms with Gasteiger partial charge in [0.2, 0.25) is 0 Å². The molecule has 2 aliphatic carbocycles. The number of fused-ring (bicyclic) bond motifs is 2. The number of hydrogen-bond acceptors (Lipinski definition) is 3. The van der Waals surface area contributed by atoms with Crippen LogP contribution in [0.15, 0.2) is 48.6 Å². The Bertz CT molecular complexity index is 605. The zero-order valence-corrected chi connectivity index (χ0v) is 14.5. The molecule has 0 radical (unpaired) electrons. The van der Waals surface area contributed by atoms with Crippen molar-refractivity contribution in [3.63, 3.8) is 0 Å². The molecule has 0 aromatic heterocycles. The molecule has 0 spiro atoms. The minimum absolute atomic E-state index is 0.0255. The monoisotopic (exact) mass is 327 g/mol. The summed E-state index contributed by atoms with van der Waals surface area (Å²) < 4.78 is 0. The molecule has 1 aromatic rings. The van der Waals surface area contributed by atoms with Crippen molar-refractivity contribution >= 4 is 17.6 Å². The molecule has 2 unspecified atom stereocenters. The van der Waals surface area contributed by atoms with E-state index in [1.165, 1.54) is 18.6 Å². The molecule has 2 fully saturated rings. The van der Waals surface area contributed by atoms with Crippen LogP contribution in [0.25, 0.3) is 0 Å². The van der Waals surface area contributed by atoms with E-state index in [4.69, 9.17) is 0 Å². The van der Waals surface area contributed by atoms with Gasteiger partial charge in [-0.2, -0.15) is 0 Å². The fourth-order valence-corrected chi connectivity index (χ4v) is 3.64. The zero-order chi connectivity index (χ0) is 17.8. The molecule has 1 aromatic carbocycles. The van der Waals surface area contributed by atoms with Crippen molar-refractivity contribution in [1.82, 2.24) is 5.32 Å². The summed E-state index contributed by atoms with van der Waals surface area (Å²) in [7, 11) is 0. The molecule has 128 valence electrons. The van der Waals surface area contributed by atoms with Gasteiger partial charge in [0.1, 0.15) is 5.78 Å². The highest BCUT2D eigenvalue weighted by Gasteiger charge is 2.61. The van der Waals surface area contributed by atoms with Crippen LogP contribution in [-0.2, 0) is 14.4 Å². The SMILES string of the molecule is CC12CCC(CC1=O)C2(C)C.O=C1C=CC(=O)N1.c1ccccc1. The van der Waals surface area contributed by atoms with E-state index in [1.54, 1.807) is 0 Å². The molecule has 2 bridgehead atoms. The minimum atomic E-state index is -0.329. The number of nitrogens with one attached hydrogen (secondary N) is 1. The normalized spacial score (nSPS) is 28.6. The molecule has 1 heterocycles. The van der Waals surface area contributed by atoms with E-state index in [2.05, 4.69) is 20.8 Å². The Balaban J connectivity index is 0.000000139. The van der Waals surface area contributed by atoms with Gasteiger partial charge in [0.25, 0.3) is 11.8 Å². The van der Waals surface area contributed by atoms with Crippen LogP contribution >= 0.6 is 0 Å². The Labute approximate surface area is 143 Å². The third-order valence-corrected chi connectivity index (χ3v) is 5.78. The first-order chi connectivity index (χ1) is 11.3.